The molecule has 0 aromatic heterocycles. The maximum atomic E-state index is 13.1. The second-order valence-electron chi connectivity index (χ2n) is 4.98. The Morgan fingerprint density at radius 3 is 2.78 bits per heavy atom. The van der Waals surface area contributed by atoms with Crippen molar-refractivity contribution in [3.05, 3.63) is 29.6 Å². The first-order valence-electron chi connectivity index (χ1n) is 6.61. The molecule has 1 heterocycles. The lowest BCUT2D eigenvalue weighted by Gasteiger charge is -2.33. The van der Waals surface area contributed by atoms with E-state index < -0.39 is 0 Å². The number of rotatable bonds is 4. The van der Waals surface area contributed by atoms with Gasteiger partial charge in [0.25, 0.3) is 0 Å². The van der Waals surface area contributed by atoms with Gasteiger partial charge in [-0.2, -0.15) is 0 Å². The van der Waals surface area contributed by atoms with Crippen LogP contribution in [0.15, 0.2) is 18.2 Å². The molecule has 1 aliphatic rings. The average molecular weight is 251 g/mol. The lowest BCUT2D eigenvalue weighted by atomic mass is 10.2. The predicted octanol–water partition coefficient (Wildman–Crippen LogP) is 1.84. The van der Waals surface area contributed by atoms with Gasteiger partial charge in [-0.1, -0.05) is 0 Å². The number of hydrogen-bond acceptors (Lipinski definition) is 3. The van der Waals surface area contributed by atoms with E-state index in [1.165, 1.54) is 6.07 Å². The molecule has 1 atom stereocenters. The molecule has 3 nitrogen and oxygen atoms in total. The lowest BCUT2D eigenvalue weighted by Crippen LogP contribution is -2.49. The molecule has 1 aromatic rings. The van der Waals surface area contributed by atoms with E-state index in [4.69, 9.17) is 0 Å². The van der Waals surface area contributed by atoms with Gasteiger partial charge in [-0.25, -0.2) is 4.39 Å². The van der Waals surface area contributed by atoms with E-state index in [1.807, 2.05) is 6.07 Å². The molecule has 1 saturated heterocycles. The van der Waals surface area contributed by atoms with E-state index in [-0.39, 0.29) is 5.82 Å². The molecule has 18 heavy (non-hydrogen) atoms. The first kappa shape index (κ1) is 13.3. The molecule has 0 amide bonds. The minimum absolute atomic E-state index is 0.143. The Balaban J connectivity index is 1.84. The van der Waals surface area contributed by atoms with Crippen molar-refractivity contribution >= 4 is 5.69 Å². The molecular formula is C14H22FN3. The Bertz CT molecular complexity index is 389. The molecule has 4 heteroatoms. The summed E-state index contributed by atoms with van der Waals surface area (Å²) < 4.78 is 13.1. The summed E-state index contributed by atoms with van der Waals surface area (Å²) in [6, 6.07) is 5.68. The maximum absolute atomic E-state index is 13.1. The van der Waals surface area contributed by atoms with Crippen LogP contribution in [-0.2, 0) is 0 Å². The summed E-state index contributed by atoms with van der Waals surface area (Å²) >= 11 is 0. The van der Waals surface area contributed by atoms with Crippen molar-refractivity contribution in [1.82, 2.24) is 10.2 Å². The number of benzene rings is 1. The Morgan fingerprint density at radius 1 is 1.39 bits per heavy atom. The molecule has 100 valence electrons. The quantitative estimate of drug-likeness (QED) is 0.855. The number of piperazine rings is 1. The Kier molecular flexibility index (Phi) is 4.55. The van der Waals surface area contributed by atoms with Crippen molar-refractivity contribution in [3.8, 4) is 0 Å². The molecule has 1 aliphatic heterocycles. The predicted molar refractivity (Wildman–Crippen MR) is 73.5 cm³/mol. The van der Waals surface area contributed by atoms with E-state index in [1.54, 1.807) is 13.0 Å². The molecule has 1 unspecified atom stereocenters. The van der Waals surface area contributed by atoms with Crippen LogP contribution in [0.1, 0.15) is 12.5 Å². The van der Waals surface area contributed by atoms with Crippen molar-refractivity contribution < 1.29 is 4.39 Å². The number of anilines is 1. The van der Waals surface area contributed by atoms with Crippen LogP contribution in [0.3, 0.4) is 0 Å². The third-order valence-electron chi connectivity index (χ3n) is 3.53. The van der Waals surface area contributed by atoms with E-state index in [0.717, 1.165) is 38.4 Å². The highest BCUT2D eigenvalue weighted by molar-refractivity contribution is 5.46. The zero-order chi connectivity index (χ0) is 13.0. The van der Waals surface area contributed by atoms with Crippen molar-refractivity contribution in [2.45, 2.75) is 19.9 Å². The number of nitrogens with zero attached hydrogens (tertiary/aromatic N) is 1. The molecule has 0 radical (unpaired) electrons. The van der Waals surface area contributed by atoms with Crippen LogP contribution in [0.25, 0.3) is 0 Å². The Labute approximate surface area is 108 Å². The molecule has 0 bridgehead atoms. The standard InChI is InChI=1S/C14H22FN3/c1-11-9-13(3-4-14(11)15)17-10-12(2)18-7-5-16-6-8-18/h3-4,9,12,16-17H,5-8,10H2,1-2H3. The summed E-state index contributed by atoms with van der Waals surface area (Å²) in [6.07, 6.45) is 0. The molecule has 1 fully saturated rings. The maximum Gasteiger partial charge on any atom is 0.126 e. The van der Waals surface area contributed by atoms with Gasteiger partial charge in [0.2, 0.25) is 0 Å². The third-order valence-corrected chi connectivity index (χ3v) is 3.53. The van der Waals surface area contributed by atoms with Crippen LogP contribution in [0.5, 0.6) is 0 Å². The largest absolute Gasteiger partial charge is 0.383 e. The highest BCUT2D eigenvalue weighted by Crippen LogP contribution is 2.14. The van der Waals surface area contributed by atoms with Gasteiger partial charge in [0.1, 0.15) is 5.82 Å². The first-order valence-corrected chi connectivity index (χ1v) is 6.61. The van der Waals surface area contributed by atoms with Crippen molar-refractivity contribution in [1.29, 1.82) is 0 Å². The van der Waals surface area contributed by atoms with Gasteiger partial charge in [-0.05, 0) is 37.6 Å². The van der Waals surface area contributed by atoms with Gasteiger partial charge in [0.05, 0.1) is 0 Å². The highest BCUT2D eigenvalue weighted by Gasteiger charge is 2.15. The molecule has 2 N–H and O–H groups in total. The minimum atomic E-state index is -0.143. The molecule has 0 aliphatic carbocycles. The van der Waals surface area contributed by atoms with E-state index in [2.05, 4.69) is 22.5 Å². The fourth-order valence-corrected chi connectivity index (χ4v) is 2.27. The summed E-state index contributed by atoms with van der Waals surface area (Å²) in [5.41, 5.74) is 1.69. The Hall–Kier alpha value is -1.13. The fraction of sp³-hybridized carbons (Fsp3) is 0.571. The van der Waals surface area contributed by atoms with Crippen LogP contribution < -0.4 is 10.6 Å². The number of nitrogens with one attached hydrogen (secondary N) is 2. The summed E-state index contributed by atoms with van der Waals surface area (Å²) in [6.45, 7) is 9.26. The van der Waals surface area contributed by atoms with Gasteiger partial charge in [0.15, 0.2) is 0 Å². The average Bonchev–Trinajstić information content (AvgIpc) is 2.41. The second-order valence-corrected chi connectivity index (χ2v) is 4.98. The zero-order valence-corrected chi connectivity index (χ0v) is 11.2. The van der Waals surface area contributed by atoms with Crippen LogP contribution in [0.2, 0.25) is 0 Å². The van der Waals surface area contributed by atoms with E-state index in [9.17, 15) is 4.39 Å². The smallest absolute Gasteiger partial charge is 0.126 e. The molecular weight excluding hydrogens is 229 g/mol. The van der Waals surface area contributed by atoms with E-state index in [0.29, 0.717) is 11.6 Å². The normalized spacial score (nSPS) is 18.6. The van der Waals surface area contributed by atoms with Gasteiger partial charge in [-0.3, -0.25) is 4.90 Å². The van der Waals surface area contributed by atoms with Crippen molar-refractivity contribution in [3.63, 3.8) is 0 Å². The van der Waals surface area contributed by atoms with E-state index >= 15 is 0 Å². The topological polar surface area (TPSA) is 27.3 Å². The summed E-state index contributed by atoms with van der Waals surface area (Å²) in [5, 5.41) is 6.73. The second kappa shape index (κ2) is 6.16. The van der Waals surface area contributed by atoms with Gasteiger partial charge >= 0.3 is 0 Å². The lowest BCUT2D eigenvalue weighted by molar-refractivity contribution is 0.191. The number of halogens is 1. The summed E-state index contributed by atoms with van der Waals surface area (Å²) in [4.78, 5) is 2.47. The first-order chi connectivity index (χ1) is 8.66. The highest BCUT2D eigenvalue weighted by atomic mass is 19.1. The summed E-state index contributed by atoms with van der Waals surface area (Å²) in [5.74, 6) is -0.143. The Morgan fingerprint density at radius 2 is 2.11 bits per heavy atom. The van der Waals surface area contributed by atoms with Crippen molar-refractivity contribution in [2.24, 2.45) is 0 Å². The molecule has 2 rings (SSSR count). The van der Waals surface area contributed by atoms with Crippen LogP contribution in [0, 0.1) is 12.7 Å². The SMILES string of the molecule is Cc1cc(NCC(C)N2CCNCC2)ccc1F. The zero-order valence-electron chi connectivity index (χ0n) is 11.2. The van der Waals surface area contributed by atoms with Crippen molar-refractivity contribution in [2.75, 3.05) is 38.0 Å². The number of aryl methyl sites for hydroxylation is 1. The minimum Gasteiger partial charge on any atom is -0.383 e. The van der Waals surface area contributed by atoms with Gasteiger partial charge in [0, 0.05) is 44.5 Å². The van der Waals surface area contributed by atoms with Crippen LogP contribution in [0.4, 0.5) is 10.1 Å². The van der Waals surface area contributed by atoms with Gasteiger partial charge < -0.3 is 10.6 Å². The summed E-state index contributed by atoms with van der Waals surface area (Å²) in [7, 11) is 0. The van der Waals surface area contributed by atoms with Crippen LogP contribution >= 0.6 is 0 Å². The molecule has 0 spiro atoms. The van der Waals surface area contributed by atoms with Crippen LogP contribution in [-0.4, -0.2) is 43.7 Å². The van der Waals surface area contributed by atoms with Gasteiger partial charge in [-0.15, -0.1) is 0 Å². The molecule has 0 saturated carbocycles. The number of hydrogen-bond donors (Lipinski definition) is 2. The monoisotopic (exact) mass is 251 g/mol. The molecule has 1 aromatic carbocycles. The third kappa shape index (κ3) is 3.43. The fourth-order valence-electron chi connectivity index (χ4n) is 2.27.